The number of rotatable bonds is 4. The highest BCUT2D eigenvalue weighted by Crippen LogP contribution is 2.16. The summed E-state index contributed by atoms with van der Waals surface area (Å²) in [6.45, 7) is 2.87. The molecule has 0 aromatic carbocycles. The lowest BCUT2D eigenvalue weighted by Gasteiger charge is -1.96. The number of ketones is 1. The lowest BCUT2D eigenvalue weighted by Crippen LogP contribution is -1.94. The van der Waals surface area contributed by atoms with E-state index in [0.29, 0.717) is 6.42 Å². The summed E-state index contributed by atoms with van der Waals surface area (Å²) in [5.41, 5.74) is 0. The molecule has 0 aromatic rings. The van der Waals surface area contributed by atoms with E-state index in [1.165, 1.54) is 0 Å². The molecule has 0 aromatic heterocycles. The van der Waals surface area contributed by atoms with E-state index in [1.807, 2.05) is 0 Å². The molecule has 0 unspecified atom stereocenters. The first-order chi connectivity index (χ1) is 5.83. The molecule has 1 fully saturated rings. The Hall–Kier alpha value is -0.790. The number of hydrogen-bond acceptors (Lipinski definition) is 2. The smallest absolute Gasteiger partial charge is 0.159 e. The quantitative estimate of drug-likeness (QED) is 0.603. The van der Waals surface area contributed by atoms with Gasteiger partial charge in [-0.05, 0) is 12.8 Å². The average Bonchev–Trinajstić information content (AvgIpc) is 2.53. The van der Waals surface area contributed by atoms with Crippen LogP contribution in [0.4, 0.5) is 0 Å². The molecular formula is C10H16O2. The molecule has 2 nitrogen and oxygen atoms in total. The molecule has 1 aliphatic rings. The number of ether oxygens (including phenoxy) is 1. The molecule has 0 atom stereocenters. The maximum absolute atomic E-state index is 11.2. The molecule has 0 amide bonds. The Balaban J connectivity index is 2.28. The van der Waals surface area contributed by atoms with Crippen molar-refractivity contribution in [3.63, 3.8) is 0 Å². The summed E-state index contributed by atoms with van der Waals surface area (Å²) in [6, 6.07) is 0. The van der Waals surface area contributed by atoms with Crippen LogP contribution in [0.25, 0.3) is 0 Å². The first-order valence-electron chi connectivity index (χ1n) is 4.69. The van der Waals surface area contributed by atoms with Gasteiger partial charge in [0.1, 0.15) is 0 Å². The van der Waals surface area contributed by atoms with E-state index in [2.05, 4.69) is 6.92 Å². The average molecular weight is 168 g/mol. The van der Waals surface area contributed by atoms with Crippen molar-refractivity contribution in [3.8, 4) is 0 Å². The molecule has 0 N–H and O–H groups in total. The summed E-state index contributed by atoms with van der Waals surface area (Å²) in [5.74, 6) is 1.10. The van der Waals surface area contributed by atoms with Crippen molar-refractivity contribution >= 4 is 5.78 Å². The molecule has 68 valence electrons. The third-order valence-electron chi connectivity index (χ3n) is 1.95. The van der Waals surface area contributed by atoms with Gasteiger partial charge in [0.15, 0.2) is 5.78 Å². The third-order valence-corrected chi connectivity index (χ3v) is 1.95. The molecule has 1 aliphatic heterocycles. The van der Waals surface area contributed by atoms with Gasteiger partial charge in [-0.2, -0.15) is 0 Å². The van der Waals surface area contributed by atoms with Crippen molar-refractivity contribution in [2.75, 3.05) is 6.61 Å². The van der Waals surface area contributed by atoms with Gasteiger partial charge < -0.3 is 4.74 Å². The van der Waals surface area contributed by atoms with E-state index in [1.54, 1.807) is 6.08 Å². The van der Waals surface area contributed by atoms with E-state index in [0.717, 1.165) is 38.0 Å². The highest BCUT2D eigenvalue weighted by molar-refractivity contribution is 5.89. The number of carbonyl (C=O) groups is 1. The molecule has 1 heterocycles. The van der Waals surface area contributed by atoms with Crippen LogP contribution in [0.2, 0.25) is 0 Å². The lowest BCUT2D eigenvalue weighted by molar-refractivity contribution is -0.114. The molecule has 0 spiro atoms. The van der Waals surface area contributed by atoms with E-state index >= 15 is 0 Å². The maximum Gasteiger partial charge on any atom is 0.159 e. The number of unbranched alkanes of at least 4 members (excludes halogenated alkanes) is 1. The van der Waals surface area contributed by atoms with Crippen molar-refractivity contribution in [3.05, 3.63) is 11.8 Å². The van der Waals surface area contributed by atoms with Gasteiger partial charge in [0.05, 0.1) is 12.4 Å². The fourth-order valence-electron chi connectivity index (χ4n) is 1.24. The maximum atomic E-state index is 11.2. The molecule has 0 saturated carbocycles. The Labute approximate surface area is 73.6 Å². The Morgan fingerprint density at radius 2 is 2.50 bits per heavy atom. The second-order valence-corrected chi connectivity index (χ2v) is 3.13. The summed E-state index contributed by atoms with van der Waals surface area (Å²) in [5, 5.41) is 0. The molecule has 0 bridgehead atoms. The van der Waals surface area contributed by atoms with Crippen molar-refractivity contribution in [1.29, 1.82) is 0 Å². The van der Waals surface area contributed by atoms with E-state index in [-0.39, 0.29) is 5.78 Å². The molecule has 1 saturated heterocycles. The monoisotopic (exact) mass is 168 g/mol. The largest absolute Gasteiger partial charge is 0.498 e. The van der Waals surface area contributed by atoms with E-state index in [9.17, 15) is 4.79 Å². The van der Waals surface area contributed by atoms with E-state index in [4.69, 9.17) is 4.74 Å². The van der Waals surface area contributed by atoms with Crippen LogP contribution in [0.1, 0.15) is 39.0 Å². The van der Waals surface area contributed by atoms with Gasteiger partial charge in [0, 0.05) is 18.9 Å². The fraction of sp³-hybridized carbons (Fsp3) is 0.700. The summed E-state index contributed by atoms with van der Waals surface area (Å²) in [4.78, 5) is 11.2. The minimum Gasteiger partial charge on any atom is -0.498 e. The Morgan fingerprint density at radius 1 is 1.67 bits per heavy atom. The van der Waals surface area contributed by atoms with Crippen molar-refractivity contribution < 1.29 is 9.53 Å². The fourth-order valence-corrected chi connectivity index (χ4v) is 1.24. The topological polar surface area (TPSA) is 26.3 Å². The summed E-state index contributed by atoms with van der Waals surface area (Å²) in [6.07, 6.45) is 6.41. The number of allylic oxidation sites excluding steroid dienone is 2. The second kappa shape index (κ2) is 4.96. The Kier molecular flexibility index (Phi) is 3.85. The minimum absolute atomic E-state index is 0.216. The zero-order valence-electron chi connectivity index (χ0n) is 7.64. The van der Waals surface area contributed by atoms with E-state index < -0.39 is 0 Å². The number of carbonyl (C=O) groups excluding carboxylic acids is 1. The van der Waals surface area contributed by atoms with Gasteiger partial charge in [-0.25, -0.2) is 0 Å². The van der Waals surface area contributed by atoms with Crippen LogP contribution in [0.15, 0.2) is 11.8 Å². The molecule has 1 rings (SSSR count). The predicted octanol–water partition coefficient (Wildman–Crippen LogP) is 2.44. The normalized spacial score (nSPS) is 19.6. The molecule has 2 heteroatoms. The standard InChI is InChI=1S/C10H16O2/c1-2-3-5-9(11)8-10-6-4-7-12-10/h8H,2-7H2,1H3/b10-8+. The van der Waals surface area contributed by atoms with Crippen molar-refractivity contribution in [2.24, 2.45) is 0 Å². The first kappa shape index (κ1) is 9.30. The van der Waals surface area contributed by atoms with Gasteiger partial charge >= 0.3 is 0 Å². The van der Waals surface area contributed by atoms with Gasteiger partial charge in [0.25, 0.3) is 0 Å². The summed E-state index contributed by atoms with van der Waals surface area (Å²) < 4.78 is 5.24. The molecular weight excluding hydrogens is 152 g/mol. The van der Waals surface area contributed by atoms with Gasteiger partial charge in [-0.15, -0.1) is 0 Å². The highest BCUT2D eigenvalue weighted by atomic mass is 16.5. The predicted molar refractivity (Wildman–Crippen MR) is 47.8 cm³/mol. The minimum atomic E-state index is 0.216. The van der Waals surface area contributed by atoms with Crippen LogP contribution >= 0.6 is 0 Å². The Bertz CT molecular complexity index is 174. The van der Waals surface area contributed by atoms with Crippen LogP contribution in [0, 0.1) is 0 Å². The van der Waals surface area contributed by atoms with Crippen molar-refractivity contribution in [1.82, 2.24) is 0 Å². The second-order valence-electron chi connectivity index (χ2n) is 3.13. The van der Waals surface area contributed by atoms with Gasteiger partial charge in [0.2, 0.25) is 0 Å². The van der Waals surface area contributed by atoms with Crippen LogP contribution in [-0.2, 0) is 9.53 Å². The number of hydrogen-bond donors (Lipinski definition) is 0. The summed E-state index contributed by atoms with van der Waals surface area (Å²) >= 11 is 0. The SMILES string of the molecule is CCCCC(=O)/C=C1\CCCO1. The molecule has 12 heavy (non-hydrogen) atoms. The van der Waals surface area contributed by atoms with Crippen LogP contribution in [-0.4, -0.2) is 12.4 Å². The zero-order chi connectivity index (χ0) is 8.81. The lowest BCUT2D eigenvalue weighted by atomic mass is 10.1. The summed E-state index contributed by atoms with van der Waals surface area (Å²) in [7, 11) is 0. The van der Waals surface area contributed by atoms with Gasteiger partial charge in [-0.3, -0.25) is 4.79 Å². The third kappa shape index (κ3) is 3.07. The molecule has 0 radical (unpaired) electrons. The zero-order valence-corrected chi connectivity index (χ0v) is 7.64. The van der Waals surface area contributed by atoms with Crippen molar-refractivity contribution in [2.45, 2.75) is 39.0 Å². The Morgan fingerprint density at radius 3 is 3.08 bits per heavy atom. The van der Waals surface area contributed by atoms with Gasteiger partial charge in [-0.1, -0.05) is 13.3 Å². The van der Waals surface area contributed by atoms with Crippen LogP contribution in [0.3, 0.4) is 0 Å². The van der Waals surface area contributed by atoms with Crippen LogP contribution in [0.5, 0.6) is 0 Å². The van der Waals surface area contributed by atoms with Crippen LogP contribution < -0.4 is 0 Å². The highest BCUT2D eigenvalue weighted by Gasteiger charge is 2.08. The first-order valence-corrected chi connectivity index (χ1v) is 4.69. The molecule has 0 aliphatic carbocycles.